The van der Waals surface area contributed by atoms with Crippen LogP contribution in [0.3, 0.4) is 0 Å². The van der Waals surface area contributed by atoms with Crippen LogP contribution in [0.1, 0.15) is 39.9 Å². The van der Waals surface area contributed by atoms with Gasteiger partial charge in [-0.2, -0.15) is 0 Å². The molecule has 0 saturated heterocycles. The summed E-state index contributed by atoms with van der Waals surface area (Å²) in [7, 11) is 8.18. The van der Waals surface area contributed by atoms with Crippen molar-refractivity contribution >= 4 is 17.3 Å². The minimum atomic E-state index is -0.111. The molecule has 0 aliphatic rings. The lowest BCUT2D eigenvalue weighted by molar-refractivity contribution is 0.0175. The van der Waals surface area contributed by atoms with Crippen molar-refractivity contribution in [3.63, 3.8) is 0 Å². The van der Waals surface area contributed by atoms with E-state index in [2.05, 4.69) is 75.8 Å². The molecule has 0 spiro atoms. The molecule has 39 heavy (non-hydrogen) atoms. The summed E-state index contributed by atoms with van der Waals surface area (Å²) in [6.07, 6.45) is 0. The van der Waals surface area contributed by atoms with Crippen LogP contribution in [0.15, 0.2) is 72.8 Å². The topological polar surface area (TPSA) is 63.3 Å². The highest BCUT2D eigenvalue weighted by Crippen LogP contribution is 2.34. The summed E-state index contributed by atoms with van der Waals surface area (Å²) in [6, 6.07) is 25.2. The van der Waals surface area contributed by atoms with Crippen LogP contribution in [0.25, 0.3) is 0 Å². The van der Waals surface area contributed by atoms with Crippen molar-refractivity contribution in [1.29, 1.82) is 0 Å². The Morgan fingerprint density at radius 1 is 0.641 bits per heavy atom. The van der Waals surface area contributed by atoms with Gasteiger partial charge in [0.2, 0.25) is 0 Å². The Morgan fingerprint density at radius 3 is 1.49 bits per heavy atom. The zero-order valence-electron chi connectivity index (χ0n) is 24.0. The lowest BCUT2D eigenvalue weighted by Crippen LogP contribution is -2.27. The van der Waals surface area contributed by atoms with Gasteiger partial charge in [0.1, 0.15) is 0 Å². The second-order valence-corrected chi connectivity index (χ2v) is 9.70. The number of hydrogen-bond donors (Lipinski definition) is 1. The summed E-state index contributed by atoms with van der Waals surface area (Å²) in [5.74, 6) is -0.0565. The molecule has 0 heterocycles. The number of rotatable bonds is 16. The normalized spacial score (nSPS) is 11.0. The molecule has 0 aliphatic heterocycles. The van der Waals surface area contributed by atoms with Crippen molar-refractivity contribution in [1.82, 2.24) is 5.32 Å². The molecule has 7 nitrogen and oxygen atoms in total. The SMILES string of the molecule is CCOCCOCCOCCNC(=O)c1ccc(C(c2ccc(N(C)C)cc2)c2ccc(N(C)C)cc2)cc1. The number of anilines is 2. The molecule has 3 rings (SSSR count). The van der Waals surface area contributed by atoms with Crippen LogP contribution in [-0.4, -0.2) is 80.3 Å². The van der Waals surface area contributed by atoms with E-state index in [9.17, 15) is 4.79 Å². The summed E-state index contributed by atoms with van der Waals surface area (Å²) in [5.41, 5.74) is 6.48. The van der Waals surface area contributed by atoms with E-state index in [1.165, 1.54) is 11.1 Å². The van der Waals surface area contributed by atoms with Crippen LogP contribution in [0.5, 0.6) is 0 Å². The largest absolute Gasteiger partial charge is 0.379 e. The molecule has 0 fully saturated rings. The fraction of sp³-hybridized carbons (Fsp3) is 0.406. The Balaban J connectivity index is 1.62. The number of nitrogens with one attached hydrogen (secondary N) is 1. The molecule has 1 amide bonds. The van der Waals surface area contributed by atoms with Gasteiger partial charge in [-0.3, -0.25) is 4.79 Å². The molecular weight excluding hydrogens is 490 g/mol. The highest BCUT2D eigenvalue weighted by molar-refractivity contribution is 5.94. The summed E-state index contributed by atoms with van der Waals surface area (Å²) in [4.78, 5) is 16.9. The molecule has 0 atom stereocenters. The lowest BCUT2D eigenvalue weighted by Gasteiger charge is -2.22. The second kappa shape index (κ2) is 15.9. The average molecular weight is 534 g/mol. The third-order valence-corrected chi connectivity index (χ3v) is 6.47. The third-order valence-electron chi connectivity index (χ3n) is 6.47. The van der Waals surface area contributed by atoms with Crippen LogP contribution in [-0.2, 0) is 14.2 Å². The Bertz CT molecular complexity index is 1060. The monoisotopic (exact) mass is 533 g/mol. The van der Waals surface area contributed by atoms with Gasteiger partial charge in [0, 0.05) is 64.2 Å². The van der Waals surface area contributed by atoms with Crippen molar-refractivity contribution in [3.05, 3.63) is 95.1 Å². The van der Waals surface area contributed by atoms with Gasteiger partial charge >= 0.3 is 0 Å². The minimum absolute atomic E-state index is 0.0543. The molecule has 7 heteroatoms. The van der Waals surface area contributed by atoms with Crippen molar-refractivity contribution < 1.29 is 19.0 Å². The van der Waals surface area contributed by atoms with Crippen molar-refractivity contribution in [3.8, 4) is 0 Å². The molecule has 0 aliphatic carbocycles. The molecule has 0 radical (unpaired) electrons. The van der Waals surface area contributed by atoms with E-state index in [0.29, 0.717) is 51.7 Å². The molecule has 210 valence electrons. The molecule has 3 aromatic rings. The molecule has 0 unspecified atom stereocenters. The summed E-state index contributed by atoms with van der Waals surface area (Å²) < 4.78 is 16.2. The van der Waals surface area contributed by atoms with E-state index in [1.807, 2.05) is 47.2 Å². The van der Waals surface area contributed by atoms with Crippen LogP contribution >= 0.6 is 0 Å². The Kier molecular flexibility index (Phi) is 12.3. The van der Waals surface area contributed by atoms with Crippen molar-refractivity contribution in [2.45, 2.75) is 12.8 Å². The Hall–Kier alpha value is -3.39. The smallest absolute Gasteiger partial charge is 0.251 e. The van der Waals surface area contributed by atoms with Gasteiger partial charge in [-0.1, -0.05) is 36.4 Å². The van der Waals surface area contributed by atoms with Gasteiger partial charge in [0.05, 0.1) is 33.0 Å². The zero-order chi connectivity index (χ0) is 28.0. The quantitative estimate of drug-likeness (QED) is 0.211. The highest BCUT2D eigenvalue weighted by Gasteiger charge is 2.18. The van der Waals surface area contributed by atoms with E-state index < -0.39 is 0 Å². The predicted molar refractivity (Wildman–Crippen MR) is 159 cm³/mol. The number of carbonyl (C=O) groups excluding carboxylic acids is 1. The molecule has 3 aromatic carbocycles. The van der Waals surface area contributed by atoms with Crippen molar-refractivity contribution in [2.24, 2.45) is 0 Å². The first-order chi connectivity index (χ1) is 18.9. The van der Waals surface area contributed by atoms with E-state index in [0.717, 1.165) is 16.9 Å². The highest BCUT2D eigenvalue weighted by atomic mass is 16.5. The van der Waals surface area contributed by atoms with Crippen LogP contribution in [0.4, 0.5) is 11.4 Å². The van der Waals surface area contributed by atoms with Gasteiger partial charge in [0.25, 0.3) is 5.91 Å². The Morgan fingerprint density at radius 2 is 1.05 bits per heavy atom. The number of carbonyl (C=O) groups is 1. The van der Waals surface area contributed by atoms with Gasteiger partial charge in [0.15, 0.2) is 0 Å². The molecule has 0 saturated carbocycles. The fourth-order valence-corrected chi connectivity index (χ4v) is 4.26. The first-order valence-electron chi connectivity index (χ1n) is 13.6. The summed E-state index contributed by atoms with van der Waals surface area (Å²) in [5, 5.41) is 2.93. The summed E-state index contributed by atoms with van der Waals surface area (Å²) >= 11 is 0. The summed E-state index contributed by atoms with van der Waals surface area (Å²) in [6.45, 7) is 5.69. The van der Waals surface area contributed by atoms with Gasteiger partial charge in [-0.25, -0.2) is 0 Å². The number of nitrogens with zero attached hydrogens (tertiary/aromatic N) is 2. The molecule has 0 bridgehead atoms. The van der Waals surface area contributed by atoms with Gasteiger partial charge in [-0.05, 0) is 60.0 Å². The molecule has 0 aromatic heterocycles. The molecular formula is C32H43N3O4. The molecule has 1 N–H and O–H groups in total. The second-order valence-electron chi connectivity index (χ2n) is 9.70. The van der Waals surface area contributed by atoms with E-state index in [1.54, 1.807) is 0 Å². The van der Waals surface area contributed by atoms with E-state index >= 15 is 0 Å². The fourth-order valence-electron chi connectivity index (χ4n) is 4.26. The maximum atomic E-state index is 12.7. The third kappa shape index (κ3) is 9.39. The lowest BCUT2D eigenvalue weighted by atomic mass is 9.84. The van der Waals surface area contributed by atoms with Gasteiger partial charge < -0.3 is 29.3 Å². The van der Waals surface area contributed by atoms with Gasteiger partial charge in [-0.15, -0.1) is 0 Å². The first-order valence-corrected chi connectivity index (χ1v) is 13.6. The number of hydrogen-bond acceptors (Lipinski definition) is 6. The standard InChI is InChI=1S/C32H43N3O4/c1-6-37-21-22-39-24-23-38-20-19-33-32(36)28-9-7-25(8-10-28)31(26-11-15-29(16-12-26)34(2)3)27-13-17-30(18-14-27)35(4)5/h7-18,31H,6,19-24H2,1-5H3,(H,33,36). The maximum Gasteiger partial charge on any atom is 0.251 e. The number of amides is 1. The number of ether oxygens (including phenoxy) is 3. The van der Waals surface area contributed by atoms with E-state index in [-0.39, 0.29) is 11.8 Å². The Labute approximate surface area is 233 Å². The van der Waals surface area contributed by atoms with Crippen LogP contribution in [0, 0.1) is 0 Å². The maximum absolute atomic E-state index is 12.7. The minimum Gasteiger partial charge on any atom is -0.379 e. The van der Waals surface area contributed by atoms with Crippen LogP contribution in [0.2, 0.25) is 0 Å². The zero-order valence-corrected chi connectivity index (χ0v) is 24.0. The average Bonchev–Trinajstić information content (AvgIpc) is 2.95. The van der Waals surface area contributed by atoms with Crippen LogP contribution < -0.4 is 15.1 Å². The van der Waals surface area contributed by atoms with E-state index in [4.69, 9.17) is 14.2 Å². The number of benzene rings is 3. The predicted octanol–water partition coefficient (Wildman–Crippen LogP) is 4.80. The first kappa shape index (κ1) is 30.2. The van der Waals surface area contributed by atoms with Crippen molar-refractivity contribution in [2.75, 3.05) is 84.2 Å².